The quantitative estimate of drug-likeness (QED) is 0.431. The number of hydrogen-bond donors (Lipinski definition) is 2. The number of nitrogens with zero attached hydrogens (tertiary/aromatic N) is 2. The van der Waals surface area contributed by atoms with Gasteiger partial charge in [-0.15, -0.1) is 0 Å². The highest BCUT2D eigenvalue weighted by molar-refractivity contribution is 6.25. The Hall–Kier alpha value is -1.22. The van der Waals surface area contributed by atoms with Gasteiger partial charge in [-0.2, -0.15) is 0 Å². The van der Waals surface area contributed by atoms with Gasteiger partial charge in [0.2, 0.25) is 0 Å². The van der Waals surface area contributed by atoms with E-state index in [2.05, 4.69) is 34.5 Å². The van der Waals surface area contributed by atoms with Crippen LogP contribution in [0.4, 0.5) is 0 Å². The number of likely N-dealkylation sites (tertiary alicyclic amines) is 2. The molecule has 2 spiro atoms. The first-order valence-electron chi connectivity index (χ1n) is 7.47. The maximum Gasteiger partial charge on any atom is 0.0870 e. The van der Waals surface area contributed by atoms with Crippen molar-refractivity contribution in [2.45, 2.75) is 0 Å². The average Bonchev–Trinajstić information content (AvgIpc) is 2.27. The molecule has 4 aliphatic rings. The fourth-order valence-electron chi connectivity index (χ4n) is 3.60. The molecule has 0 atom stereocenters. The molecule has 4 heterocycles. The molecule has 126 valence electrons. The van der Waals surface area contributed by atoms with E-state index in [1.807, 2.05) is 0 Å². The number of hydrogen-bond acceptors (Lipinski definition) is 8. The third kappa shape index (κ3) is 3.95. The zero-order valence-electron chi connectivity index (χ0n) is 13.2. The Morgan fingerprint density at radius 1 is 0.773 bits per heavy atom. The van der Waals surface area contributed by atoms with Crippen molar-refractivity contribution in [1.29, 1.82) is 0 Å². The molecule has 0 radical (unpaired) electrons. The number of nitrogens with one attached hydrogen (secondary N) is 2. The summed E-state index contributed by atoms with van der Waals surface area (Å²) in [5, 5.41) is 24.4. The molecule has 0 bridgehead atoms. The summed E-state index contributed by atoms with van der Waals surface area (Å²) in [5.74, 6) is -4.37. The molecule has 4 aliphatic heterocycles. The zero-order valence-corrected chi connectivity index (χ0v) is 13.2. The number of aliphatic carboxylic acids is 2. The molecule has 22 heavy (non-hydrogen) atoms. The lowest BCUT2D eigenvalue weighted by atomic mass is 9.75. The van der Waals surface area contributed by atoms with Crippen molar-refractivity contribution >= 4 is 11.9 Å². The van der Waals surface area contributed by atoms with Crippen LogP contribution in [0, 0.1) is 10.8 Å². The Morgan fingerprint density at radius 3 is 1.09 bits per heavy atom. The van der Waals surface area contributed by atoms with Gasteiger partial charge in [-0.25, -0.2) is 0 Å². The second-order valence-electron chi connectivity index (χ2n) is 7.13. The van der Waals surface area contributed by atoms with Crippen LogP contribution in [0.15, 0.2) is 0 Å². The third-order valence-electron chi connectivity index (χ3n) is 4.59. The first kappa shape index (κ1) is 17.1. The molecule has 8 nitrogen and oxygen atoms in total. The summed E-state index contributed by atoms with van der Waals surface area (Å²) in [6, 6.07) is 0. The summed E-state index contributed by atoms with van der Waals surface area (Å²) in [6.07, 6.45) is 0. The summed E-state index contributed by atoms with van der Waals surface area (Å²) >= 11 is 0. The minimum absolute atomic E-state index is 0.731. The predicted octanol–water partition coefficient (Wildman–Crippen LogP) is -4.47. The lowest BCUT2D eigenvalue weighted by Gasteiger charge is -2.55. The predicted molar refractivity (Wildman–Crippen MR) is 75.6 cm³/mol. The summed E-state index contributed by atoms with van der Waals surface area (Å²) in [4.78, 5) is 22.6. The number of rotatable bonds is 0. The van der Waals surface area contributed by atoms with Crippen LogP contribution in [0.3, 0.4) is 0 Å². The lowest BCUT2D eigenvalue weighted by Crippen LogP contribution is -2.69. The standard InChI is InChI=1S/2C6H12N2.C2H2O4/c2*1-8-4-6(5-8)2-7-3-6;3-1(4)2(5)6/h2*7H,2-5H2,1H3;(H,3,4)(H,5,6)/p-2. The van der Waals surface area contributed by atoms with Gasteiger partial charge in [-0.1, -0.05) is 0 Å². The maximum absolute atomic E-state index is 8.93. The first-order chi connectivity index (χ1) is 10.3. The Kier molecular flexibility index (Phi) is 5.06. The monoisotopic (exact) mass is 312 g/mol. The van der Waals surface area contributed by atoms with Gasteiger partial charge in [-0.3, -0.25) is 0 Å². The van der Waals surface area contributed by atoms with E-state index in [0.29, 0.717) is 0 Å². The Bertz CT molecular complexity index is 379. The van der Waals surface area contributed by atoms with Crippen LogP contribution in [-0.2, 0) is 9.59 Å². The molecular weight excluding hydrogens is 288 g/mol. The van der Waals surface area contributed by atoms with Crippen molar-refractivity contribution in [1.82, 2.24) is 20.4 Å². The molecule has 0 amide bonds. The molecule has 0 aliphatic carbocycles. The molecule has 0 aromatic rings. The molecule has 0 aromatic carbocycles. The topological polar surface area (TPSA) is 111 Å². The van der Waals surface area contributed by atoms with Crippen molar-refractivity contribution < 1.29 is 19.8 Å². The lowest BCUT2D eigenvalue weighted by molar-refractivity contribution is -0.345. The van der Waals surface area contributed by atoms with Crippen LogP contribution in [0.5, 0.6) is 0 Å². The number of carboxylic acid groups (broad SMARTS) is 2. The number of carboxylic acids is 2. The van der Waals surface area contributed by atoms with E-state index in [0.717, 1.165) is 10.8 Å². The fraction of sp³-hybridized carbons (Fsp3) is 0.857. The van der Waals surface area contributed by atoms with Crippen molar-refractivity contribution in [3.05, 3.63) is 0 Å². The second-order valence-corrected chi connectivity index (χ2v) is 7.13. The SMILES string of the molecule is CN1CC2(CNC2)C1.CN1CC2(CNC2)C1.O=C([O-])C(=O)[O-]. The van der Waals surface area contributed by atoms with Crippen molar-refractivity contribution in [3.8, 4) is 0 Å². The molecule has 4 saturated heterocycles. The smallest absolute Gasteiger partial charge is 0.0870 e. The Labute approximate surface area is 130 Å². The van der Waals surface area contributed by atoms with E-state index in [9.17, 15) is 0 Å². The van der Waals surface area contributed by atoms with Gasteiger partial charge < -0.3 is 40.2 Å². The largest absolute Gasteiger partial charge is 0.543 e. The fourth-order valence-corrected chi connectivity index (χ4v) is 3.60. The van der Waals surface area contributed by atoms with Crippen molar-refractivity contribution in [3.63, 3.8) is 0 Å². The molecule has 0 saturated carbocycles. The van der Waals surface area contributed by atoms with Gasteiger partial charge in [0.1, 0.15) is 0 Å². The highest BCUT2D eigenvalue weighted by atomic mass is 16.4. The minimum Gasteiger partial charge on any atom is -0.543 e. The molecular formula is C14H24N4O4-2. The zero-order chi connectivity index (χ0) is 16.4. The van der Waals surface area contributed by atoms with Crippen molar-refractivity contribution in [2.75, 3.05) is 66.5 Å². The van der Waals surface area contributed by atoms with Gasteiger partial charge in [-0.05, 0) is 14.1 Å². The first-order valence-corrected chi connectivity index (χ1v) is 7.47. The van der Waals surface area contributed by atoms with E-state index >= 15 is 0 Å². The second kappa shape index (κ2) is 6.49. The Morgan fingerprint density at radius 2 is 1.05 bits per heavy atom. The van der Waals surface area contributed by atoms with Crippen LogP contribution in [0.1, 0.15) is 0 Å². The molecule has 8 heteroatoms. The van der Waals surface area contributed by atoms with Crippen LogP contribution in [-0.4, -0.2) is 88.2 Å². The van der Waals surface area contributed by atoms with E-state index in [1.165, 1.54) is 52.4 Å². The van der Waals surface area contributed by atoms with Crippen LogP contribution >= 0.6 is 0 Å². The number of carbonyl (C=O) groups is 2. The third-order valence-corrected chi connectivity index (χ3v) is 4.59. The van der Waals surface area contributed by atoms with Gasteiger partial charge in [0, 0.05) is 63.2 Å². The molecule has 4 rings (SSSR count). The number of carbonyl (C=O) groups excluding carboxylic acids is 2. The highest BCUT2D eigenvalue weighted by Gasteiger charge is 2.46. The van der Waals surface area contributed by atoms with Crippen LogP contribution in [0.2, 0.25) is 0 Å². The van der Waals surface area contributed by atoms with Gasteiger partial charge in [0.05, 0.1) is 11.9 Å². The minimum atomic E-state index is -2.19. The van der Waals surface area contributed by atoms with E-state index in [-0.39, 0.29) is 0 Å². The van der Waals surface area contributed by atoms with Crippen LogP contribution < -0.4 is 20.8 Å². The molecule has 0 unspecified atom stereocenters. The Balaban J connectivity index is 0.000000123. The molecule has 4 fully saturated rings. The van der Waals surface area contributed by atoms with Crippen LogP contribution in [0.25, 0.3) is 0 Å². The van der Waals surface area contributed by atoms with Gasteiger partial charge in [0.15, 0.2) is 0 Å². The summed E-state index contributed by atoms with van der Waals surface area (Å²) in [6.45, 7) is 10.3. The van der Waals surface area contributed by atoms with Crippen molar-refractivity contribution in [2.24, 2.45) is 10.8 Å². The highest BCUT2D eigenvalue weighted by Crippen LogP contribution is 2.32. The maximum atomic E-state index is 8.93. The summed E-state index contributed by atoms with van der Waals surface area (Å²) < 4.78 is 0. The molecule has 0 aromatic heterocycles. The van der Waals surface area contributed by atoms with Gasteiger partial charge >= 0.3 is 0 Å². The summed E-state index contributed by atoms with van der Waals surface area (Å²) in [5.41, 5.74) is 1.46. The van der Waals surface area contributed by atoms with E-state index < -0.39 is 11.9 Å². The molecule has 2 N–H and O–H groups in total. The normalized spacial score (nSPS) is 26.8. The summed E-state index contributed by atoms with van der Waals surface area (Å²) in [7, 11) is 4.37. The average molecular weight is 312 g/mol. The van der Waals surface area contributed by atoms with E-state index in [1.54, 1.807) is 0 Å². The van der Waals surface area contributed by atoms with E-state index in [4.69, 9.17) is 19.8 Å². The van der Waals surface area contributed by atoms with Gasteiger partial charge in [0.25, 0.3) is 0 Å².